The van der Waals surface area contributed by atoms with E-state index < -0.39 is 22.5 Å². The average molecular weight is 512 g/mol. The Morgan fingerprint density at radius 3 is 2.47 bits per heavy atom. The van der Waals surface area contributed by atoms with Crippen LogP contribution in [0.15, 0.2) is 82.8 Å². The highest BCUT2D eigenvalue weighted by molar-refractivity contribution is 7.89. The molecule has 0 saturated carbocycles. The zero-order chi connectivity index (χ0) is 26.0. The Bertz CT molecular complexity index is 1280. The molecule has 0 aliphatic rings. The van der Waals surface area contributed by atoms with Crippen molar-refractivity contribution in [3.05, 3.63) is 83.9 Å². The van der Waals surface area contributed by atoms with Crippen LogP contribution in [0.3, 0.4) is 0 Å². The molecule has 3 aromatic carbocycles. The van der Waals surface area contributed by atoms with Crippen LogP contribution in [0.5, 0.6) is 17.2 Å². The van der Waals surface area contributed by atoms with Crippen molar-refractivity contribution in [1.82, 2.24) is 9.73 Å². The summed E-state index contributed by atoms with van der Waals surface area (Å²) >= 11 is 0. The van der Waals surface area contributed by atoms with E-state index in [-0.39, 0.29) is 17.2 Å². The lowest BCUT2D eigenvalue weighted by atomic mass is 10.1. The third-order valence-electron chi connectivity index (χ3n) is 5.20. The standard InChI is InChI=1S/C26H29N3O6S/c1-3-35-25-17-21(9-14-24(25)30)18-27-28-26(31)19-29(16-15-20-7-5-4-6-8-20)36(32,33)23-12-10-22(34-2)11-13-23/h4-14,17-18,30H,3,15-16,19H2,1-2H3,(H,28,31)/b27-18-. The van der Waals surface area contributed by atoms with Gasteiger partial charge in [-0.05, 0) is 66.9 Å². The molecule has 0 atom stereocenters. The van der Waals surface area contributed by atoms with Crippen LogP contribution in [0.4, 0.5) is 0 Å². The van der Waals surface area contributed by atoms with E-state index >= 15 is 0 Å². The molecule has 0 heterocycles. The zero-order valence-electron chi connectivity index (χ0n) is 20.1. The van der Waals surface area contributed by atoms with Gasteiger partial charge in [-0.15, -0.1) is 0 Å². The molecule has 0 saturated heterocycles. The van der Waals surface area contributed by atoms with Gasteiger partial charge in [0.25, 0.3) is 5.91 Å². The summed E-state index contributed by atoms with van der Waals surface area (Å²) in [7, 11) is -2.47. The van der Waals surface area contributed by atoms with Gasteiger partial charge in [-0.1, -0.05) is 30.3 Å². The topological polar surface area (TPSA) is 118 Å². The van der Waals surface area contributed by atoms with Crippen molar-refractivity contribution in [3.63, 3.8) is 0 Å². The number of hydrogen-bond acceptors (Lipinski definition) is 7. The normalized spacial score (nSPS) is 11.5. The van der Waals surface area contributed by atoms with Gasteiger partial charge in [0, 0.05) is 6.54 Å². The Morgan fingerprint density at radius 1 is 1.08 bits per heavy atom. The van der Waals surface area contributed by atoms with Gasteiger partial charge in [0.1, 0.15) is 5.75 Å². The highest BCUT2D eigenvalue weighted by Gasteiger charge is 2.26. The van der Waals surface area contributed by atoms with Gasteiger partial charge in [0.15, 0.2) is 11.5 Å². The number of aromatic hydroxyl groups is 1. The number of benzene rings is 3. The van der Waals surface area contributed by atoms with Gasteiger partial charge in [0.05, 0.1) is 31.4 Å². The number of carbonyl (C=O) groups is 1. The summed E-state index contributed by atoms with van der Waals surface area (Å²) in [5.74, 6) is 0.222. The average Bonchev–Trinajstić information content (AvgIpc) is 2.89. The zero-order valence-corrected chi connectivity index (χ0v) is 20.9. The minimum atomic E-state index is -3.96. The predicted octanol–water partition coefficient (Wildman–Crippen LogP) is 3.18. The fraction of sp³-hybridized carbons (Fsp3) is 0.231. The molecule has 1 amide bonds. The Hall–Kier alpha value is -3.89. The molecule has 10 heteroatoms. The highest BCUT2D eigenvalue weighted by atomic mass is 32.2. The number of hydrogen-bond donors (Lipinski definition) is 2. The molecular weight excluding hydrogens is 482 g/mol. The molecule has 3 aromatic rings. The number of hydrazone groups is 1. The van der Waals surface area contributed by atoms with Gasteiger partial charge in [-0.25, -0.2) is 13.8 Å². The van der Waals surface area contributed by atoms with Crippen molar-refractivity contribution in [1.29, 1.82) is 0 Å². The summed E-state index contributed by atoms with van der Waals surface area (Å²) in [5.41, 5.74) is 3.90. The van der Waals surface area contributed by atoms with E-state index in [1.807, 2.05) is 30.3 Å². The lowest BCUT2D eigenvalue weighted by molar-refractivity contribution is -0.121. The second-order valence-electron chi connectivity index (χ2n) is 7.70. The van der Waals surface area contributed by atoms with E-state index in [1.54, 1.807) is 31.2 Å². The lowest BCUT2D eigenvalue weighted by Gasteiger charge is -2.21. The maximum absolute atomic E-state index is 13.3. The van der Waals surface area contributed by atoms with Gasteiger partial charge in [0.2, 0.25) is 10.0 Å². The largest absolute Gasteiger partial charge is 0.504 e. The van der Waals surface area contributed by atoms with E-state index in [0.29, 0.717) is 30.1 Å². The second-order valence-corrected chi connectivity index (χ2v) is 9.64. The molecule has 190 valence electrons. The summed E-state index contributed by atoms with van der Waals surface area (Å²) in [6, 6.07) is 20.1. The molecule has 0 bridgehead atoms. The SMILES string of the molecule is CCOc1cc(/C=N\NC(=O)CN(CCc2ccccc2)S(=O)(=O)c2ccc(OC)cc2)ccc1O. The van der Waals surface area contributed by atoms with Crippen LogP contribution < -0.4 is 14.9 Å². The molecule has 2 N–H and O–H groups in total. The number of ether oxygens (including phenoxy) is 2. The van der Waals surface area contributed by atoms with E-state index in [4.69, 9.17) is 9.47 Å². The maximum Gasteiger partial charge on any atom is 0.255 e. The first kappa shape index (κ1) is 26.7. The number of nitrogens with zero attached hydrogens (tertiary/aromatic N) is 2. The number of phenolic OH excluding ortho intramolecular Hbond substituents is 1. The molecule has 0 unspecified atom stereocenters. The van der Waals surface area contributed by atoms with E-state index in [0.717, 1.165) is 9.87 Å². The van der Waals surface area contributed by atoms with Crippen LogP contribution in [0, 0.1) is 0 Å². The van der Waals surface area contributed by atoms with Crippen molar-refractivity contribution in [3.8, 4) is 17.2 Å². The molecule has 0 aromatic heterocycles. The van der Waals surface area contributed by atoms with Crippen LogP contribution >= 0.6 is 0 Å². The second kappa shape index (κ2) is 12.7. The van der Waals surface area contributed by atoms with E-state index in [1.165, 1.54) is 31.5 Å². The predicted molar refractivity (Wildman–Crippen MR) is 137 cm³/mol. The van der Waals surface area contributed by atoms with Crippen molar-refractivity contribution in [2.24, 2.45) is 5.10 Å². The molecular formula is C26H29N3O6S. The first-order chi connectivity index (χ1) is 17.3. The minimum absolute atomic E-state index is 0.00386. The molecule has 0 aliphatic heterocycles. The number of phenols is 1. The summed E-state index contributed by atoms with van der Waals surface area (Å²) in [6.07, 6.45) is 1.81. The summed E-state index contributed by atoms with van der Waals surface area (Å²) in [4.78, 5) is 12.7. The molecule has 9 nitrogen and oxygen atoms in total. The first-order valence-corrected chi connectivity index (χ1v) is 12.7. The van der Waals surface area contributed by atoms with Crippen LogP contribution in [0.25, 0.3) is 0 Å². The lowest BCUT2D eigenvalue weighted by Crippen LogP contribution is -2.40. The monoisotopic (exact) mass is 511 g/mol. The molecule has 0 fully saturated rings. The number of carbonyl (C=O) groups excluding carboxylic acids is 1. The van der Waals surface area contributed by atoms with Gasteiger partial charge >= 0.3 is 0 Å². The number of sulfonamides is 1. The Morgan fingerprint density at radius 2 is 1.81 bits per heavy atom. The summed E-state index contributed by atoms with van der Waals surface area (Å²) in [5, 5.41) is 13.7. The molecule has 0 spiro atoms. The Labute approximate surface area is 211 Å². The third kappa shape index (κ3) is 7.30. The van der Waals surface area contributed by atoms with Crippen LogP contribution in [0.2, 0.25) is 0 Å². The van der Waals surface area contributed by atoms with Gasteiger partial charge in [-0.2, -0.15) is 9.41 Å². The van der Waals surface area contributed by atoms with Crippen molar-refractivity contribution in [2.45, 2.75) is 18.2 Å². The van der Waals surface area contributed by atoms with Crippen molar-refractivity contribution < 1.29 is 27.8 Å². The highest BCUT2D eigenvalue weighted by Crippen LogP contribution is 2.26. The fourth-order valence-electron chi connectivity index (χ4n) is 3.34. The van der Waals surface area contributed by atoms with Gasteiger partial charge in [-0.3, -0.25) is 4.79 Å². The first-order valence-electron chi connectivity index (χ1n) is 11.3. The number of methoxy groups -OCH3 is 1. The van der Waals surface area contributed by atoms with E-state index in [9.17, 15) is 18.3 Å². The number of rotatable bonds is 12. The van der Waals surface area contributed by atoms with Crippen LogP contribution in [0.1, 0.15) is 18.1 Å². The third-order valence-corrected chi connectivity index (χ3v) is 7.06. The molecule has 0 radical (unpaired) electrons. The van der Waals surface area contributed by atoms with Crippen LogP contribution in [-0.2, 0) is 21.2 Å². The smallest absolute Gasteiger partial charge is 0.255 e. The molecule has 36 heavy (non-hydrogen) atoms. The Balaban J connectivity index is 1.73. The Kier molecular flexibility index (Phi) is 9.43. The number of nitrogens with one attached hydrogen (secondary N) is 1. The minimum Gasteiger partial charge on any atom is -0.504 e. The molecule has 0 aliphatic carbocycles. The quantitative estimate of drug-likeness (QED) is 0.285. The summed E-state index contributed by atoms with van der Waals surface area (Å²) < 4.78 is 38.3. The van der Waals surface area contributed by atoms with Crippen LogP contribution in [-0.4, -0.2) is 56.8 Å². The summed E-state index contributed by atoms with van der Waals surface area (Å²) in [6.45, 7) is 1.86. The molecule has 3 rings (SSSR count). The number of amides is 1. The maximum atomic E-state index is 13.3. The van der Waals surface area contributed by atoms with E-state index in [2.05, 4.69) is 10.5 Å². The van der Waals surface area contributed by atoms with Crippen molar-refractivity contribution >= 4 is 22.1 Å². The van der Waals surface area contributed by atoms with Gasteiger partial charge < -0.3 is 14.6 Å². The fourth-order valence-corrected chi connectivity index (χ4v) is 4.73. The van der Waals surface area contributed by atoms with Crippen molar-refractivity contribution in [2.75, 3.05) is 26.8 Å².